The van der Waals surface area contributed by atoms with Crippen molar-refractivity contribution in [3.05, 3.63) is 105 Å². The molecule has 8 heteroatoms. The Bertz CT molecular complexity index is 1190. The van der Waals surface area contributed by atoms with E-state index in [-0.39, 0.29) is 16.7 Å². The van der Waals surface area contributed by atoms with E-state index in [1.807, 2.05) is 12.1 Å². The fraction of sp³-hybridized carbons (Fsp3) is 0.160. The van der Waals surface area contributed by atoms with Crippen molar-refractivity contribution in [1.29, 1.82) is 0 Å². The first-order chi connectivity index (χ1) is 15.6. The number of carbonyl (C=O) groups is 2. The van der Waals surface area contributed by atoms with Gasteiger partial charge >= 0.3 is 5.97 Å². The Morgan fingerprint density at radius 1 is 0.970 bits per heavy atom. The Morgan fingerprint density at radius 3 is 2.24 bits per heavy atom. The van der Waals surface area contributed by atoms with E-state index >= 15 is 0 Å². The van der Waals surface area contributed by atoms with Crippen molar-refractivity contribution < 1.29 is 19.2 Å². The summed E-state index contributed by atoms with van der Waals surface area (Å²) in [6, 6.07) is 19.3. The summed E-state index contributed by atoms with van der Waals surface area (Å²) in [6.45, 7) is 6.30. The van der Waals surface area contributed by atoms with E-state index in [2.05, 4.69) is 31.3 Å². The summed E-state index contributed by atoms with van der Waals surface area (Å²) in [6.07, 6.45) is 1.41. The molecule has 0 saturated carbocycles. The molecule has 0 aliphatic heterocycles. The Labute approximate surface area is 191 Å². The minimum atomic E-state index is -0.574. The number of hydrogen-bond acceptors (Lipinski definition) is 6. The molecule has 0 bridgehead atoms. The number of carbonyl (C=O) groups excluding carboxylic acids is 2. The van der Waals surface area contributed by atoms with E-state index < -0.39 is 16.8 Å². The first-order valence-corrected chi connectivity index (χ1v) is 10.1. The van der Waals surface area contributed by atoms with E-state index in [9.17, 15) is 19.7 Å². The second kappa shape index (κ2) is 9.86. The monoisotopic (exact) mass is 445 g/mol. The normalized spacial score (nSPS) is 11.2. The summed E-state index contributed by atoms with van der Waals surface area (Å²) in [7, 11) is 0. The number of rotatable bonds is 6. The number of non-ortho nitro benzene ring substituents is 1. The maximum atomic E-state index is 12.4. The van der Waals surface area contributed by atoms with E-state index in [1.54, 1.807) is 36.4 Å². The van der Waals surface area contributed by atoms with Gasteiger partial charge < -0.3 is 4.74 Å². The van der Waals surface area contributed by atoms with Crippen LogP contribution in [0.1, 0.15) is 52.6 Å². The highest BCUT2D eigenvalue weighted by atomic mass is 16.6. The SMILES string of the molecule is CC(C)(C)c1ccc(C(=O)Oc2ccc(/C=N/NC(=O)c3cccc([N+](=O)[O-])c3)cc2)cc1. The predicted octanol–water partition coefficient (Wildman–Crippen LogP) is 4.88. The smallest absolute Gasteiger partial charge is 0.343 e. The van der Waals surface area contributed by atoms with Gasteiger partial charge in [0.2, 0.25) is 0 Å². The number of nitro groups is 1. The summed E-state index contributed by atoms with van der Waals surface area (Å²) in [5.41, 5.74) is 4.50. The number of hydrazone groups is 1. The third-order valence-corrected chi connectivity index (χ3v) is 4.78. The molecule has 8 nitrogen and oxygen atoms in total. The largest absolute Gasteiger partial charge is 0.423 e. The molecular weight excluding hydrogens is 422 g/mol. The molecule has 0 unspecified atom stereocenters. The second-order valence-corrected chi connectivity index (χ2v) is 8.29. The standard InChI is InChI=1S/C25H23N3O5/c1-25(2,3)20-11-9-18(10-12-20)24(30)33-22-13-7-17(8-14-22)16-26-27-23(29)19-5-4-6-21(15-19)28(31)32/h4-16H,1-3H3,(H,27,29)/b26-16+. The van der Waals surface area contributed by atoms with Gasteiger partial charge in [0.05, 0.1) is 16.7 Å². The zero-order valence-electron chi connectivity index (χ0n) is 18.4. The molecule has 1 N–H and O–H groups in total. The average Bonchev–Trinajstić information content (AvgIpc) is 2.79. The van der Waals surface area contributed by atoms with Crippen molar-refractivity contribution in [1.82, 2.24) is 5.43 Å². The topological polar surface area (TPSA) is 111 Å². The molecule has 0 radical (unpaired) electrons. The van der Waals surface area contributed by atoms with Crippen LogP contribution in [0, 0.1) is 10.1 Å². The number of nitrogens with zero attached hydrogens (tertiary/aromatic N) is 2. The lowest BCUT2D eigenvalue weighted by Crippen LogP contribution is -2.17. The molecule has 33 heavy (non-hydrogen) atoms. The van der Waals surface area contributed by atoms with Gasteiger partial charge in [-0.2, -0.15) is 5.10 Å². The van der Waals surface area contributed by atoms with Crippen LogP contribution < -0.4 is 10.2 Å². The van der Waals surface area contributed by atoms with Gasteiger partial charge in [0.15, 0.2) is 0 Å². The third kappa shape index (κ3) is 6.33. The number of amides is 1. The first-order valence-electron chi connectivity index (χ1n) is 10.1. The molecule has 0 aromatic heterocycles. The van der Waals surface area contributed by atoms with E-state index in [1.165, 1.54) is 30.5 Å². The van der Waals surface area contributed by atoms with Gasteiger partial charge in [0, 0.05) is 17.7 Å². The Hall–Kier alpha value is -4.33. The second-order valence-electron chi connectivity index (χ2n) is 8.29. The van der Waals surface area contributed by atoms with Crippen molar-refractivity contribution >= 4 is 23.8 Å². The molecule has 3 aromatic carbocycles. The fourth-order valence-electron chi connectivity index (χ4n) is 2.88. The van der Waals surface area contributed by atoms with Crippen molar-refractivity contribution in [2.24, 2.45) is 5.10 Å². The molecule has 168 valence electrons. The maximum absolute atomic E-state index is 12.4. The van der Waals surface area contributed by atoms with Crippen LogP contribution in [0.3, 0.4) is 0 Å². The Kier molecular flexibility index (Phi) is 6.97. The van der Waals surface area contributed by atoms with Crippen LogP contribution in [-0.4, -0.2) is 23.0 Å². The lowest BCUT2D eigenvalue weighted by molar-refractivity contribution is -0.384. The molecular formula is C25H23N3O5. The summed E-state index contributed by atoms with van der Waals surface area (Å²) in [4.78, 5) is 34.7. The van der Waals surface area contributed by atoms with Crippen molar-refractivity contribution in [3.8, 4) is 5.75 Å². The van der Waals surface area contributed by atoms with Crippen LogP contribution in [0.5, 0.6) is 5.75 Å². The van der Waals surface area contributed by atoms with Crippen LogP contribution in [-0.2, 0) is 5.41 Å². The highest BCUT2D eigenvalue weighted by molar-refractivity contribution is 5.95. The van der Waals surface area contributed by atoms with Gasteiger partial charge in [-0.15, -0.1) is 0 Å². The summed E-state index contributed by atoms with van der Waals surface area (Å²) < 4.78 is 5.40. The summed E-state index contributed by atoms with van der Waals surface area (Å²) >= 11 is 0. The third-order valence-electron chi connectivity index (χ3n) is 4.78. The molecule has 0 aliphatic rings. The molecule has 1 amide bonds. The van der Waals surface area contributed by atoms with Gasteiger partial charge in [-0.1, -0.05) is 39.0 Å². The summed E-state index contributed by atoms with van der Waals surface area (Å²) in [5.74, 6) is -0.656. The highest BCUT2D eigenvalue weighted by Gasteiger charge is 2.15. The van der Waals surface area contributed by atoms with E-state index in [0.29, 0.717) is 16.9 Å². The molecule has 0 atom stereocenters. The Morgan fingerprint density at radius 2 is 1.64 bits per heavy atom. The Balaban J connectivity index is 1.57. The molecule has 3 rings (SSSR count). The molecule has 0 fully saturated rings. The average molecular weight is 445 g/mol. The number of nitrogens with one attached hydrogen (secondary N) is 1. The van der Waals surface area contributed by atoms with Crippen molar-refractivity contribution in [3.63, 3.8) is 0 Å². The van der Waals surface area contributed by atoms with Gasteiger partial charge in [0.25, 0.3) is 11.6 Å². The summed E-state index contributed by atoms with van der Waals surface area (Å²) in [5, 5.41) is 14.7. The van der Waals surface area contributed by atoms with E-state index in [4.69, 9.17) is 4.74 Å². The van der Waals surface area contributed by atoms with Gasteiger partial charge in [-0.05, 0) is 59.0 Å². The van der Waals surface area contributed by atoms with Crippen LogP contribution in [0.15, 0.2) is 77.9 Å². The zero-order valence-corrected chi connectivity index (χ0v) is 18.4. The lowest BCUT2D eigenvalue weighted by atomic mass is 9.87. The number of benzene rings is 3. The van der Waals surface area contributed by atoms with Gasteiger partial charge in [0.1, 0.15) is 5.75 Å². The van der Waals surface area contributed by atoms with Crippen molar-refractivity contribution in [2.75, 3.05) is 0 Å². The molecule has 0 spiro atoms. The van der Waals surface area contributed by atoms with E-state index in [0.717, 1.165) is 5.56 Å². The minimum Gasteiger partial charge on any atom is -0.423 e. The number of esters is 1. The molecule has 0 heterocycles. The predicted molar refractivity (Wildman–Crippen MR) is 125 cm³/mol. The minimum absolute atomic E-state index is 0.00164. The molecule has 0 aliphatic carbocycles. The van der Waals surface area contributed by atoms with Crippen LogP contribution in [0.4, 0.5) is 5.69 Å². The molecule has 3 aromatic rings. The lowest BCUT2D eigenvalue weighted by Gasteiger charge is -2.18. The van der Waals surface area contributed by atoms with Crippen LogP contribution in [0.25, 0.3) is 0 Å². The maximum Gasteiger partial charge on any atom is 0.343 e. The number of ether oxygens (including phenoxy) is 1. The number of nitro benzene ring substituents is 1. The van der Waals surface area contributed by atoms with Crippen LogP contribution in [0.2, 0.25) is 0 Å². The highest BCUT2D eigenvalue weighted by Crippen LogP contribution is 2.23. The first kappa shape index (κ1) is 23.3. The zero-order chi connectivity index (χ0) is 24.0. The van der Waals surface area contributed by atoms with Gasteiger partial charge in [-0.25, -0.2) is 10.2 Å². The van der Waals surface area contributed by atoms with Crippen molar-refractivity contribution in [2.45, 2.75) is 26.2 Å². The van der Waals surface area contributed by atoms with Crippen LogP contribution >= 0.6 is 0 Å². The molecule has 0 saturated heterocycles. The number of hydrogen-bond donors (Lipinski definition) is 1. The quantitative estimate of drug-likeness (QED) is 0.191. The van der Waals surface area contributed by atoms with Gasteiger partial charge in [-0.3, -0.25) is 14.9 Å². The fourth-order valence-corrected chi connectivity index (χ4v) is 2.88.